The van der Waals surface area contributed by atoms with E-state index in [1.807, 2.05) is 44.2 Å². The van der Waals surface area contributed by atoms with Crippen LogP contribution in [0.4, 0.5) is 0 Å². The summed E-state index contributed by atoms with van der Waals surface area (Å²) < 4.78 is 24.7. The van der Waals surface area contributed by atoms with E-state index < -0.39 is 9.84 Å². The third-order valence-electron chi connectivity index (χ3n) is 4.22. The van der Waals surface area contributed by atoms with Crippen LogP contribution in [-0.4, -0.2) is 32.0 Å². The van der Waals surface area contributed by atoms with Gasteiger partial charge >= 0.3 is 0 Å². The summed E-state index contributed by atoms with van der Waals surface area (Å²) in [4.78, 5) is 14.2. The number of amides is 1. The topological polar surface area (TPSA) is 54.5 Å². The Morgan fingerprint density at radius 1 is 1.04 bits per heavy atom. The second-order valence-corrected chi connectivity index (χ2v) is 8.08. The van der Waals surface area contributed by atoms with Crippen molar-refractivity contribution < 1.29 is 13.2 Å². The molecule has 1 atom stereocenters. The fourth-order valence-electron chi connectivity index (χ4n) is 2.43. The Bertz CT molecular complexity index is 783. The van der Waals surface area contributed by atoms with Gasteiger partial charge in [-0.25, -0.2) is 8.42 Å². The summed E-state index contributed by atoms with van der Waals surface area (Å²) in [5.41, 5.74) is 2.02. The number of carbonyl (C=O) groups is 1. The highest BCUT2D eigenvalue weighted by Crippen LogP contribution is 2.20. The summed E-state index contributed by atoms with van der Waals surface area (Å²) in [7, 11) is -1.74. The molecule has 2 aromatic carbocycles. The lowest BCUT2D eigenvalue weighted by Gasteiger charge is -2.25. The lowest BCUT2D eigenvalue weighted by Crippen LogP contribution is -2.31. The Morgan fingerprint density at radius 2 is 1.62 bits per heavy atom. The molecule has 0 saturated heterocycles. The van der Waals surface area contributed by atoms with E-state index in [4.69, 9.17) is 0 Å². The van der Waals surface area contributed by atoms with Gasteiger partial charge in [0.15, 0.2) is 9.84 Å². The van der Waals surface area contributed by atoms with E-state index in [1.165, 1.54) is 0 Å². The zero-order valence-electron chi connectivity index (χ0n) is 14.3. The van der Waals surface area contributed by atoms with Gasteiger partial charge in [0.05, 0.1) is 16.7 Å². The highest BCUT2D eigenvalue weighted by atomic mass is 32.2. The number of rotatable bonds is 6. The van der Waals surface area contributed by atoms with Crippen LogP contribution in [0, 0.1) is 6.92 Å². The van der Waals surface area contributed by atoms with Crippen LogP contribution in [0.5, 0.6) is 0 Å². The van der Waals surface area contributed by atoms with Gasteiger partial charge in [-0.05, 0) is 31.5 Å². The summed E-state index contributed by atoms with van der Waals surface area (Å²) in [6.45, 7) is 3.83. The molecule has 0 aromatic heterocycles. The van der Waals surface area contributed by atoms with Crippen LogP contribution in [0.3, 0.4) is 0 Å². The van der Waals surface area contributed by atoms with Crippen molar-refractivity contribution in [1.82, 2.24) is 4.90 Å². The molecule has 0 spiro atoms. The molecule has 0 heterocycles. The molecule has 0 aliphatic rings. The Kier molecular flexibility index (Phi) is 5.78. The quantitative estimate of drug-likeness (QED) is 0.806. The second kappa shape index (κ2) is 7.62. The molecule has 0 bridgehead atoms. The zero-order chi connectivity index (χ0) is 17.7. The van der Waals surface area contributed by atoms with Crippen molar-refractivity contribution in [3.05, 3.63) is 65.7 Å². The molecule has 24 heavy (non-hydrogen) atoms. The minimum absolute atomic E-state index is 0.0239. The van der Waals surface area contributed by atoms with Crippen LogP contribution in [0.15, 0.2) is 59.5 Å². The normalized spacial score (nSPS) is 12.6. The minimum atomic E-state index is -3.44. The van der Waals surface area contributed by atoms with E-state index in [1.54, 1.807) is 36.2 Å². The molecule has 0 aliphatic heterocycles. The number of aryl methyl sites for hydroxylation is 1. The third kappa shape index (κ3) is 4.45. The third-order valence-corrected chi connectivity index (χ3v) is 5.95. The maximum absolute atomic E-state index is 12.4. The van der Waals surface area contributed by atoms with Crippen LogP contribution < -0.4 is 0 Å². The standard InChI is InChI=1S/C19H23NO3S/c1-15-9-11-18(12-10-15)24(22,23)14-13-19(21)20(3)16(2)17-7-5-4-6-8-17/h4-12,16H,13-14H2,1-3H3/t16-/m1/s1. The Labute approximate surface area is 144 Å². The van der Waals surface area contributed by atoms with Crippen molar-refractivity contribution in [3.8, 4) is 0 Å². The smallest absolute Gasteiger partial charge is 0.223 e. The van der Waals surface area contributed by atoms with Gasteiger partial charge in [-0.1, -0.05) is 48.0 Å². The maximum atomic E-state index is 12.4. The van der Waals surface area contributed by atoms with E-state index in [0.29, 0.717) is 0 Å². The number of hydrogen-bond acceptors (Lipinski definition) is 3. The first-order chi connectivity index (χ1) is 11.3. The first kappa shape index (κ1) is 18.2. The lowest BCUT2D eigenvalue weighted by molar-refractivity contribution is -0.131. The Hall–Kier alpha value is -2.14. The first-order valence-electron chi connectivity index (χ1n) is 7.91. The molecule has 2 rings (SSSR count). The minimum Gasteiger partial charge on any atom is -0.339 e. The molecule has 0 saturated carbocycles. The average molecular weight is 345 g/mol. The van der Waals surface area contributed by atoms with E-state index in [0.717, 1.165) is 11.1 Å². The molecule has 1 amide bonds. The summed E-state index contributed by atoms with van der Waals surface area (Å²) in [6, 6.07) is 16.3. The van der Waals surface area contributed by atoms with Crippen LogP contribution in [0.2, 0.25) is 0 Å². The number of hydrogen-bond donors (Lipinski definition) is 0. The van der Waals surface area contributed by atoms with E-state index in [-0.39, 0.29) is 29.0 Å². The molecule has 0 aliphatic carbocycles. The highest BCUT2D eigenvalue weighted by molar-refractivity contribution is 7.91. The van der Waals surface area contributed by atoms with Gasteiger partial charge in [0, 0.05) is 13.5 Å². The summed E-state index contributed by atoms with van der Waals surface area (Å²) >= 11 is 0. The fraction of sp³-hybridized carbons (Fsp3) is 0.316. The van der Waals surface area contributed by atoms with Gasteiger partial charge in [0.1, 0.15) is 0 Å². The van der Waals surface area contributed by atoms with Gasteiger partial charge in [0.25, 0.3) is 0 Å². The molecule has 4 nitrogen and oxygen atoms in total. The fourth-order valence-corrected chi connectivity index (χ4v) is 3.66. The largest absolute Gasteiger partial charge is 0.339 e. The molecule has 5 heteroatoms. The van der Waals surface area contributed by atoms with Crippen molar-refractivity contribution in [2.45, 2.75) is 31.2 Å². The highest BCUT2D eigenvalue weighted by Gasteiger charge is 2.21. The predicted molar refractivity (Wildman–Crippen MR) is 95.5 cm³/mol. The monoisotopic (exact) mass is 345 g/mol. The Morgan fingerprint density at radius 3 is 2.21 bits per heavy atom. The molecular formula is C19H23NO3S. The van der Waals surface area contributed by atoms with Crippen LogP contribution in [0.25, 0.3) is 0 Å². The van der Waals surface area contributed by atoms with Gasteiger partial charge in [-0.15, -0.1) is 0 Å². The molecule has 2 aromatic rings. The second-order valence-electron chi connectivity index (χ2n) is 5.97. The number of nitrogens with zero attached hydrogens (tertiary/aromatic N) is 1. The van der Waals surface area contributed by atoms with Gasteiger partial charge in [0.2, 0.25) is 5.91 Å². The van der Waals surface area contributed by atoms with Crippen molar-refractivity contribution in [3.63, 3.8) is 0 Å². The van der Waals surface area contributed by atoms with Gasteiger partial charge in [-0.2, -0.15) is 0 Å². The molecule has 0 N–H and O–H groups in total. The lowest BCUT2D eigenvalue weighted by atomic mass is 10.1. The predicted octanol–water partition coefficient (Wildman–Crippen LogP) is 3.38. The summed E-state index contributed by atoms with van der Waals surface area (Å²) in [5, 5.41) is 0. The van der Waals surface area contributed by atoms with E-state index in [2.05, 4.69) is 0 Å². The Balaban J connectivity index is 2.00. The van der Waals surface area contributed by atoms with Gasteiger partial charge < -0.3 is 4.90 Å². The van der Waals surface area contributed by atoms with Crippen molar-refractivity contribution in [1.29, 1.82) is 0 Å². The maximum Gasteiger partial charge on any atom is 0.223 e. The van der Waals surface area contributed by atoms with E-state index >= 15 is 0 Å². The van der Waals surface area contributed by atoms with Crippen LogP contribution in [0.1, 0.15) is 30.5 Å². The van der Waals surface area contributed by atoms with Gasteiger partial charge in [-0.3, -0.25) is 4.79 Å². The molecule has 0 fully saturated rings. The zero-order valence-corrected chi connectivity index (χ0v) is 15.1. The number of sulfone groups is 1. The number of benzene rings is 2. The van der Waals surface area contributed by atoms with Crippen LogP contribution in [-0.2, 0) is 14.6 Å². The first-order valence-corrected chi connectivity index (χ1v) is 9.56. The molecular weight excluding hydrogens is 322 g/mol. The molecule has 0 radical (unpaired) electrons. The SMILES string of the molecule is Cc1ccc(S(=O)(=O)CCC(=O)N(C)[C@H](C)c2ccccc2)cc1. The van der Waals surface area contributed by atoms with E-state index in [9.17, 15) is 13.2 Å². The van der Waals surface area contributed by atoms with Crippen molar-refractivity contribution >= 4 is 15.7 Å². The summed E-state index contributed by atoms with van der Waals surface area (Å²) in [5.74, 6) is -0.358. The number of carbonyl (C=O) groups excluding carboxylic acids is 1. The van der Waals surface area contributed by atoms with Crippen molar-refractivity contribution in [2.24, 2.45) is 0 Å². The van der Waals surface area contributed by atoms with Crippen LogP contribution >= 0.6 is 0 Å². The average Bonchev–Trinajstić information content (AvgIpc) is 2.59. The molecule has 0 unspecified atom stereocenters. The van der Waals surface area contributed by atoms with Crippen molar-refractivity contribution in [2.75, 3.05) is 12.8 Å². The summed E-state index contributed by atoms with van der Waals surface area (Å²) in [6.07, 6.45) is -0.0239. The molecule has 128 valence electrons.